The highest BCUT2D eigenvalue weighted by molar-refractivity contribution is 6.00. The Kier molecular flexibility index (Phi) is 6.00. The molecule has 1 fully saturated rings. The summed E-state index contributed by atoms with van der Waals surface area (Å²) in [7, 11) is 0. The van der Waals surface area contributed by atoms with Crippen molar-refractivity contribution >= 4 is 5.91 Å². The van der Waals surface area contributed by atoms with E-state index >= 15 is 0 Å². The van der Waals surface area contributed by atoms with Crippen LogP contribution in [0.5, 0.6) is 0 Å². The SMILES string of the molecule is C[C@H](c1ccc(F)cc1F)C1(C#N)CCN(C(=O)c2ccccc2-c2ccncc2)CC1. The summed E-state index contributed by atoms with van der Waals surface area (Å²) in [6, 6.07) is 17.0. The minimum atomic E-state index is -0.819. The Morgan fingerprint density at radius 1 is 1.09 bits per heavy atom. The van der Waals surface area contributed by atoms with Gasteiger partial charge in [-0.1, -0.05) is 31.2 Å². The number of pyridine rings is 1. The molecular weight excluding hydrogens is 408 g/mol. The van der Waals surface area contributed by atoms with Crippen LogP contribution in [0.1, 0.15) is 41.6 Å². The maximum Gasteiger partial charge on any atom is 0.254 e. The Morgan fingerprint density at radius 2 is 1.78 bits per heavy atom. The summed E-state index contributed by atoms with van der Waals surface area (Å²) >= 11 is 0. The number of hydrogen-bond donors (Lipinski definition) is 0. The van der Waals surface area contributed by atoms with Gasteiger partial charge in [0.05, 0.1) is 11.5 Å². The molecule has 2 aromatic carbocycles. The molecule has 0 bridgehead atoms. The Morgan fingerprint density at radius 3 is 2.44 bits per heavy atom. The third kappa shape index (κ3) is 3.99. The number of nitriles is 1. The van der Waals surface area contributed by atoms with Crippen molar-refractivity contribution in [1.82, 2.24) is 9.88 Å². The zero-order valence-corrected chi connectivity index (χ0v) is 17.8. The molecule has 0 spiro atoms. The molecule has 1 aliphatic rings. The molecule has 6 heteroatoms. The summed E-state index contributed by atoms with van der Waals surface area (Å²) in [6.07, 6.45) is 4.22. The number of piperidine rings is 1. The Bertz CT molecular complexity index is 1170. The number of likely N-dealkylation sites (tertiary alicyclic amines) is 1. The molecule has 0 aliphatic carbocycles. The van der Waals surface area contributed by atoms with Gasteiger partial charge in [-0.15, -0.1) is 0 Å². The number of benzene rings is 2. The van der Waals surface area contributed by atoms with Crippen LogP contribution in [0.3, 0.4) is 0 Å². The first-order valence-corrected chi connectivity index (χ1v) is 10.6. The fourth-order valence-electron chi connectivity index (χ4n) is 4.52. The summed E-state index contributed by atoms with van der Waals surface area (Å²) in [6.45, 7) is 2.59. The van der Waals surface area contributed by atoms with Gasteiger partial charge in [0.1, 0.15) is 11.6 Å². The molecule has 1 saturated heterocycles. The summed E-state index contributed by atoms with van der Waals surface area (Å²) in [5.41, 5.74) is 1.85. The molecule has 2 heterocycles. The van der Waals surface area contributed by atoms with Gasteiger partial charge in [-0.3, -0.25) is 9.78 Å². The van der Waals surface area contributed by atoms with Crippen LogP contribution < -0.4 is 0 Å². The quantitative estimate of drug-likeness (QED) is 0.542. The first-order chi connectivity index (χ1) is 15.4. The van der Waals surface area contributed by atoms with Crippen LogP contribution in [0, 0.1) is 28.4 Å². The molecule has 1 amide bonds. The molecular formula is C26H23F2N3O. The van der Waals surface area contributed by atoms with E-state index in [1.54, 1.807) is 30.3 Å². The molecule has 162 valence electrons. The van der Waals surface area contributed by atoms with Crippen LogP contribution in [0.2, 0.25) is 0 Å². The zero-order valence-electron chi connectivity index (χ0n) is 17.8. The number of nitrogens with zero attached hydrogens (tertiary/aromatic N) is 3. The lowest BCUT2D eigenvalue weighted by atomic mass is 9.68. The van der Waals surface area contributed by atoms with E-state index < -0.39 is 23.0 Å². The van der Waals surface area contributed by atoms with Crippen molar-refractivity contribution in [2.45, 2.75) is 25.7 Å². The van der Waals surface area contributed by atoms with Crippen molar-refractivity contribution in [2.24, 2.45) is 5.41 Å². The summed E-state index contributed by atoms with van der Waals surface area (Å²) in [5, 5.41) is 10.00. The van der Waals surface area contributed by atoms with Gasteiger partial charge in [0.15, 0.2) is 0 Å². The van der Waals surface area contributed by atoms with Crippen LogP contribution in [-0.4, -0.2) is 28.9 Å². The number of hydrogen-bond acceptors (Lipinski definition) is 3. The first kappa shape index (κ1) is 21.6. The zero-order chi connectivity index (χ0) is 22.7. The van der Waals surface area contributed by atoms with Crippen LogP contribution in [0.25, 0.3) is 11.1 Å². The molecule has 4 nitrogen and oxygen atoms in total. The molecule has 0 saturated carbocycles. The van der Waals surface area contributed by atoms with Crippen molar-refractivity contribution in [3.8, 4) is 17.2 Å². The number of halogens is 2. The maximum absolute atomic E-state index is 14.4. The van der Waals surface area contributed by atoms with E-state index in [4.69, 9.17) is 0 Å². The topological polar surface area (TPSA) is 57.0 Å². The fraction of sp³-hybridized carbons (Fsp3) is 0.269. The minimum Gasteiger partial charge on any atom is -0.339 e. The Labute approximate surface area is 186 Å². The molecule has 0 unspecified atom stereocenters. The second kappa shape index (κ2) is 8.88. The lowest BCUT2D eigenvalue weighted by Crippen LogP contribution is -2.44. The van der Waals surface area contributed by atoms with E-state index in [0.29, 0.717) is 37.1 Å². The Balaban J connectivity index is 1.55. The minimum absolute atomic E-state index is 0.0930. The monoisotopic (exact) mass is 431 g/mol. The molecule has 4 rings (SSSR count). The first-order valence-electron chi connectivity index (χ1n) is 10.6. The van der Waals surface area contributed by atoms with E-state index in [2.05, 4.69) is 11.1 Å². The van der Waals surface area contributed by atoms with Crippen molar-refractivity contribution in [3.63, 3.8) is 0 Å². The third-order valence-electron chi connectivity index (χ3n) is 6.57. The molecule has 32 heavy (non-hydrogen) atoms. The van der Waals surface area contributed by atoms with Crippen LogP contribution in [0.4, 0.5) is 8.78 Å². The fourth-order valence-corrected chi connectivity index (χ4v) is 4.52. The lowest BCUT2D eigenvalue weighted by Gasteiger charge is -2.41. The van der Waals surface area contributed by atoms with Crippen LogP contribution in [0.15, 0.2) is 67.0 Å². The average Bonchev–Trinajstić information content (AvgIpc) is 2.84. The standard InChI is InChI=1S/C26H23F2N3O/c1-18(21-7-6-20(27)16-24(21)28)26(17-29)10-14-31(15-11-26)25(32)23-5-3-2-4-22(23)19-8-12-30-13-9-19/h2-9,12-13,16,18H,10-11,14-15H2,1H3/t18-/m1/s1. The predicted octanol–water partition coefficient (Wildman–Crippen LogP) is 5.58. The summed E-state index contributed by atoms with van der Waals surface area (Å²) < 4.78 is 27.7. The van der Waals surface area contributed by atoms with Gasteiger partial charge in [-0.05, 0) is 53.8 Å². The lowest BCUT2D eigenvalue weighted by molar-refractivity contribution is 0.0622. The van der Waals surface area contributed by atoms with E-state index in [1.165, 1.54) is 12.1 Å². The van der Waals surface area contributed by atoms with Gasteiger partial charge >= 0.3 is 0 Å². The molecule has 1 aromatic heterocycles. The normalized spacial score (nSPS) is 16.2. The van der Waals surface area contributed by atoms with E-state index in [9.17, 15) is 18.8 Å². The summed E-state index contributed by atoms with van der Waals surface area (Å²) in [5.74, 6) is -1.80. The highest BCUT2D eigenvalue weighted by atomic mass is 19.1. The van der Waals surface area contributed by atoms with Crippen molar-refractivity contribution in [1.29, 1.82) is 5.26 Å². The third-order valence-corrected chi connectivity index (χ3v) is 6.57. The largest absolute Gasteiger partial charge is 0.339 e. The average molecular weight is 431 g/mol. The smallest absolute Gasteiger partial charge is 0.254 e. The van der Waals surface area contributed by atoms with Gasteiger partial charge in [-0.25, -0.2) is 8.78 Å². The molecule has 0 N–H and O–H groups in total. The number of amides is 1. The van der Waals surface area contributed by atoms with Crippen LogP contribution >= 0.6 is 0 Å². The van der Waals surface area contributed by atoms with E-state index in [1.807, 2.05) is 30.3 Å². The highest BCUT2D eigenvalue weighted by Crippen LogP contribution is 2.45. The molecule has 0 radical (unpaired) electrons. The highest BCUT2D eigenvalue weighted by Gasteiger charge is 2.42. The van der Waals surface area contributed by atoms with Crippen molar-refractivity contribution in [3.05, 3.63) is 89.8 Å². The number of rotatable bonds is 4. The van der Waals surface area contributed by atoms with E-state index in [0.717, 1.165) is 17.2 Å². The van der Waals surface area contributed by atoms with Gasteiger partial charge in [0.25, 0.3) is 5.91 Å². The number of aromatic nitrogens is 1. The number of carbonyl (C=O) groups excluding carboxylic acids is 1. The van der Waals surface area contributed by atoms with Crippen molar-refractivity contribution < 1.29 is 13.6 Å². The van der Waals surface area contributed by atoms with Gasteiger partial charge < -0.3 is 4.90 Å². The molecule has 1 aliphatic heterocycles. The number of carbonyl (C=O) groups is 1. The maximum atomic E-state index is 14.4. The molecule has 3 aromatic rings. The van der Waals surface area contributed by atoms with Gasteiger partial charge in [0.2, 0.25) is 0 Å². The van der Waals surface area contributed by atoms with E-state index in [-0.39, 0.29) is 5.91 Å². The second-order valence-corrected chi connectivity index (χ2v) is 8.23. The second-order valence-electron chi connectivity index (χ2n) is 8.23. The van der Waals surface area contributed by atoms with Gasteiger partial charge in [-0.2, -0.15) is 5.26 Å². The summed E-state index contributed by atoms with van der Waals surface area (Å²) in [4.78, 5) is 19.1. The molecule has 1 atom stereocenters. The Hall–Kier alpha value is -3.59. The van der Waals surface area contributed by atoms with Gasteiger partial charge in [0, 0.05) is 43.0 Å². The van der Waals surface area contributed by atoms with Crippen LogP contribution in [-0.2, 0) is 0 Å². The van der Waals surface area contributed by atoms with Crippen molar-refractivity contribution in [2.75, 3.05) is 13.1 Å². The predicted molar refractivity (Wildman–Crippen MR) is 118 cm³/mol.